The second-order valence-electron chi connectivity index (χ2n) is 6.96. The fourth-order valence-corrected chi connectivity index (χ4v) is 2.97. The molecule has 0 radical (unpaired) electrons. The fraction of sp³-hybridized carbons (Fsp3) is 0.273. The SMILES string of the molecule is O=C(/C=C/c1cccc(C(F)(F)F)c1)Nc1ccc(NC(=O)CN2CCOCC2)cc1. The van der Waals surface area contributed by atoms with Gasteiger partial charge in [0.05, 0.1) is 25.3 Å². The maximum Gasteiger partial charge on any atom is 0.416 e. The van der Waals surface area contributed by atoms with Gasteiger partial charge in [-0.1, -0.05) is 12.1 Å². The highest BCUT2D eigenvalue weighted by Crippen LogP contribution is 2.29. The molecule has 0 spiro atoms. The maximum atomic E-state index is 12.7. The lowest BCUT2D eigenvalue weighted by Crippen LogP contribution is -2.41. The van der Waals surface area contributed by atoms with E-state index in [1.54, 1.807) is 24.3 Å². The normalized spacial score (nSPS) is 15.1. The molecule has 1 saturated heterocycles. The number of halogens is 3. The molecule has 2 aromatic carbocycles. The van der Waals surface area contributed by atoms with Crippen LogP contribution in [0.2, 0.25) is 0 Å². The first-order chi connectivity index (χ1) is 14.8. The van der Waals surface area contributed by atoms with Crippen molar-refractivity contribution in [3.8, 4) is 0 Å². The number of amides is 2. The molecule has 164 valence electrons. The van der Waals surface area contributed by atoms with E-state index in [0.29, 0.717) is 37.7 Å². The highest BCUT2D eigenvalue weighted by Gasteiger charge is 2.30. The van der Waals surface area contributed by atoms with E-state index in [9.17, 15) is 22.8 Å². The molecule has 0 saturated carbocycles. The zero-order valence-corrected chi connectivity index (χ0v) is 16.6. The van der Waals surface area contributed by atoms with Crippen molar-refractivity contribution < 1.29 is 27.5 Å². The molecule has 1 fully saturated rings. The Morgan fingerprint density at radius 2 is 1.65 bits per heavy atom. The molecule has 0 unspecified atom stereocenters. The lowest BCUT2D eigenvalue weighted by atomic mass is 10.1. The van der Waals surface area contributed by atoms with Crippen molar-refractivity contribution in [3.05, 3.63) is 65.7 Å². The third-order valence-electron chi connectivity index (χ3n) is 4.55. The van der Waals surface area contributed by atoms with Crippen molar-refractivity contribution >= 4 is 29.3 Å². The second kappa shape index (κ2) is 10.2. The van der Waals surface area contributed by atoms with Crippen LogP contribution in [0.25, 0.3) is 6.08 Å². The van der Waals surface area contributed by atoms with Crippen LogP contribution in [-0.4, -0.2) is 49.6 Å². The number of benzene rings is 2. The van der Waals surface area contributed by atoms with E-state index in [-0.39, 0.29) is 18.0 Å². The van der Waals surface area contributed by atoms with Gasteiger partial charge in [0.25, 0.3) is 0 Å². The summed E-state index contributed by atoms with van der Waals surface area (Å²) in [6, 6.07) is 11.3. The summed E-state index contributed by atoms with van der Waals surface area (Å²) in [6.07, 6.45) is -1.97. The molecule has 31 heavy (non-hydrogen) atoms. The van der Waals surface area contributed by atoms with Crippen LogP contribution in [0.15, 0.2) is 54.6 Å². The lowest BCUT2D eigenvalue weighted by Gasteiger charge is -2.25. The minimum Gasteiger partial charge on any atom is -0.379 e. The zero-order chi connectivity index (χ0) is 22.3. The Morgan fingerprint density at radius 3 is 2.29 bits per heavy atom. The van der Waals surface area contributed by atoms with E-state index in [1.165, 1.54) is 18.2 Å². The van der Waals surface area contributed by atoms with Crippen molar-refractivity contribution in [1.82, 2.24) is 4.90 Å². The quantitative estimate of drug-likeness (QED) is 0.683. The Bertz CT molecular complexity index is 937. The average molecular weight is 433 g/mol. The molecule has 0 aromatic heterocycles. The van der Waals surface area contributed by atoms with Crippen LogP contribution in [0.3, 0.4) is 0 Å². The summed E-state index contributed by atoms with van der Waals surface area (Å²) in [5.74, 6) is -0.621. The summed E-state index contributed by atoms with van der Waals surface area (Å²) in [5, 5.41) is 5.41. The van der Waals surface area contributed by atoms with Crippen molar-refractivity contribution in [2.45, 2.75) is 6.18 Å². The summed E-state index contributed by atoms with van der Waals surface area (Å²) in [6.45, 7) is 2.94. The van der Waals surface area contributed by atoms with Gasteiger partial charge in [0.1, 0.15) is 0 Å². The molecule has 1 heterocycles. The van der Waals surface area contributed by atoms with Crippen LogP contribution < -0.4 is 10.6 Å². The van der Waals surface area contributed by atoms with Gasteiger partial charge in [-0.05, 0) is 48.0 Å². The van der Waals surface area contributed by atoms with E-state index in [0.717, 1.165) is 18.2 Å². The molecule has 9 heteroatoms. The van der Waals surface area contributed by atoms with Crippen LogP contribution in [0, 0.1) is 0 Å². The van der Waals surface area contributed by atoms with Crippen molar-refractivity contribution in [1.29, 1.82) is 0 Å². The van der Waals surface area contributed by atoms with Gasteiger partial charge >= 0.3 is 6.18 Å². The maximum absolute atomic E-state index is 12.7. The Balaban J connectivity index is 1.50. The molecule has 0 bridgehead atoms. The van der Waals surface area contributed by atoms with Crippen molar-refractivity contribution in [2.24, 2.45) is 0 Å². The average Bonchev–Trinajstić information content (AvgIpc) is 2.74. The highest BCUT2D eigenvalue weighted by molar-refractivity contribution is 6.02. The minimum atomic E-state index is -4.44. The van der Waals surface area contributed by atoms with Gasteiger partial charge in [0.2, 0.25) is 11.8 Å². The number of nitrogens with zero attached hydrogens (tertiary/aromatic N) is 1. The number of anilines is 2. The Morgan fingerprint density at radius 1 is 1.00 bits per heavy atom. The van der Waals surface area contributed by atoms with E-state index < -0.39 is 17.6 Å². The Labute approximate surface area is 177 Å². The molecule has 2 aromatic rings. The van der Waals surface area contributed by atoms with Gasteiger partial charge in [-0.25, -0.2) is 0 Å². The number of carbonyl (C=O) groups excluding carboxylic acids is 2. The van der Waals surface area contributed by atoms with E-state index in [1.807, 2.05) is 4.90 Å². The first-order valence-electron chi connectivity index (χ1n) is 9.66. The molecule has 1 aliphatic heterocycles. The van der Waals surface area contributed by atoms with E-state index in [2.05, 4.69) is 10.6 Å². The molecular formula is C22H22F3N3O3. The number of rotatable bonds is 6. The second-order valence-corrected chi connectivity index (χ2v) is 6.96. The monoisotopic (exact) mass is 433 g/mol. The van der Waals surface area contributed by atoms with Crippen LogP contribution >= 0.6 is 0 Å². The van der Waals surface area contributed by atoms with Gasteiger partial charge in [-0.3, -0.25) is 14.5 Å². The smallest absolute Gasteiger partial charge is 0.379 e. The molecule has 2 amide bonds. The lowest BCUT2D eigenvalue weighted by molar-refractivity contribution is -0.137. The Kier molecular flexibility index (Phi) is 7.43. The predicted molar refractivity (Wildman–Crippen MR) is 111 cm³/mol. The van der Waals surface area contributed by atoms with Crippen LogP contribution in [-0.2, 0) is 20.5 Å². The number of ether oxygens (including phenoxy) is 1. The first kappa shape index (κ1) is 22.5. The number of hydrogen-bond acceptors (Lipinski definition) is 4. The molecule has 2 N–H and O–H groups in total. The fourth-order valence-electron chi connectivity index (χ4n) is 2.97. The number of hydrogen-bond donors (Lipinski definition) is 2. The third-order valence-corrected chi connectivity index (χ3v) is 4.55. The van der Waals surface area contributed by atoms with Gasteiger partial charge in [0, 0.05) is 30.5 Å². The minimum absolute atomic E-state index is 0.136. The number of carbonyl (C=O) groups is 2. The standard InChI is InChI=1S/C22H22F3N3O3/c23-22(24,25)17-3-1-2-16(14-17)4-9-20(29)26-18-5-7-19(8-6-18)27-21(30)15-28-10-12-31-13-11-28/h1-9,14H,10-13,15H2,(H,26,29)(H,27,30)/b9-4+. The van der Waals surface area contributed by atoms with Gasteiger partial charge < -0.3 is 15.4 Å². The molecule has 3 rings (SSSR count). The highest BCUT2D eigenvalue weighted by atomic mass is 19.4. The van der Waals surface area contributed by atoms with Crippen LogP contribution in [0.1, 0.15) is 11.1 Å². The van der Waals surface area contributed by atoms with Crippen molar-refractivity contribution in [2.75, 3.05) is 43.5 Å². The predicted octanol–water partition coefficient (Wildman–Crippen LogP) is 3.63. The molecule has 0 atom stereocenters. The van der Waals surface area contributed by atoms with Crippen LogP contribution in [0.4, 0.5) is 24.5 Å². The molecular weight excluding hydrogens is 411 g/mol. The van der Waals surface area contributed by atoms with Crippen molar-refractivity contribution in [3.63, 3.8) is 0 Å². The van der Waals surface area contributed by atoms with Gasteiger partial charge in [-0.2, -0.15) is 13.2 Å². The molecule has 0 aliphatic carbocycles. The summed E-state index contributed by atoms with van der Waals surface area (Å²) < 4.78 is 43.5. The Hall–Kier alpha value is -3.17. The van der Waals surface area contributed by atoms with Gasteiger partial charge in [0.15, 0.2) is 0 Å². The summed E-state index contributed by atoms with van der Waals surface area (Å²) >= 11 is 0. The molecule has 6 nitrogen and oxygen atoms in total. The van der Waals surface area contributed by atoms with E-state index >= 15 is 0 Å². The number of morpholine rings is 1. The number of alkyl halides is 3. The molecule has 1 aliphatic rings. The topological polar surface area (TPSA) is 70.7 Å². The summed E-state index contributed by atoms with van der Waals surface area (Å²) in [5.41, 5.74) is 0.574. The van der Waals surface area contributed by atoms with E-state index in [4.69, 9.17) is 4.74 Å². The summed E-state index contributed by atoms with van der Waals surface area (Å²) in [4.78, 5) is 26.2. The van der Waals surface area contributed by atoms with Crippen LogP contribution in [0.5, 0.6) is 0 Å². The third kappa shape index (κ3) is 7.23. The van der Waals surface area contributed by atoms with Gasteiger partial charge in [-0.15, -0.1) is 0 Å². The zero-order valence-electron chi connectivity index (χ0n) is 16.6. The first-order valence-corrected chi connectivity index (χ1v) is 9.66. The largest absolute Gasteiger partial charge is 0.416 e. The number of nitrogens with one attached hydrogen (secondary N) is 2. The summed E-state index contributed by atoms with van der Waals surface area (Å²) in [7, 11) is 0.